The second kappa shape index (κ2) is 8.23. The molecular weight excluding hydrogens is 266 g/mol. The lowest BCUT2D eigenvalue weighted by atomic mass is 10.0. The molecule has 0 radical (unpaired) electrons. The van der Waals surface area contributed by atoms with Gasteiger partial charge in [0.25, 0.3) is 0 Å². The van der Waals surface area contributed by atoms with E-state index in [2.05, 4.69) is 39.5 Å². The van der Waals surface area contributed by atoms with E-state index in [0.717, 1.165) is 25.1 Å². The molecule has 21 heavy (non-hydrogen) atoms. The SMILES string of the molecule is CCC(CC)N(CC(C)C)C(C)c1ccc(C(=O)OC)o1. The van der Waals surface area contributed by atoms with Crippen LogP contribution in [0.2, 0.25) is 0 Å². The molecule has 0 spiro atoms. The fourth-order valence-corrected chi connectivity index (χ4v) is 2.75. The van der Waals surface area contributed by atoms with Crippen molar-refractivity contribution in [3.63, 3.8) is 0 Å². The number of furan rings is 1. The molecule has 0 saturated carbocycles. The van der Waals surface area contributed by atoms with Gasteiger partial charge in [0.15, 0.2) is 0 Å². The maximum Gasteiger partial charge on any atom is 0.373 e. The average Bonchev–Trinajstić information content (AvgIpc) is 2.95. The van der Waals surface area contributed by atoms with Crippen molar-refractivity contribution in [1.29, 1.82) is 0 Å². The molecule has 0 aliphatic carbocycles. The van der Waals surface area contributed by atoms with Crippen LogP contribution in [0.5, 0.6) is 0 Å². The molecule has 4 heteroatoms. The molecule has 0 fully saturated rings. The summed E-state index contributed by atoms with van der Waals surface area (Å²) in [6.45, 7) is 12.0. The summed E-state index contributed by atoms with van der Waals surface area (Å²) < 4.78 is 10.4. The van der Waals surface area contributed by atoms with E-state index in [1.54, 1.807) is 6.07 Å². The Morgan fingerprint density at radius 3 is 2.33 bits per heavy atom. The number of ether oxygens (including phenoxy) is 1. The van der Waals surface area contributed by atoms with Gasteiger partial charge in [0.1, 0.15) is 5.76 Å². The van der Waals surface area contributed by atoms with Crippen molar-refractivity contribution in [1.82, 2.24) is 4.90 Å². The summed E-state index contributed by atoms with van der Waals surface area (Å²) in [6.07, 6.45) is 2.22. The molecule has 1 atom stereocenters. The average molecular weight is 295 g/mol. The molecule has 0 aliphatic rings. The van der Waals surface area contributed by atoms with Gasteiger partial charge in [-0.25, -0.2) is 4.79 Å². The minimum absolute atomic E-state index is 0.149. The number of rotatable bonds is 8. The first kappa shape index (κ1) is 17.8. The Hall–Kier alpha value is -1.29. The van der Waals surface area contributed by atoms with E-state index < -0.39 is 5.97 Å². The van der Waals surface area contributed by atoms with Gasteiger partial charge < -0.3 is 9.15 Å². The standard InChI is InChI=1S/C17H29NO3/c1-7-14(8-2)18(11-12(3)4)13(5)15-9-10-16(21-15)17(19)20-6/h9-10,12-14H,7-8,11H2,1-6H3. The third-order valence-corrected chi connectivity index (χ3v) is 3.91. The van der Waals surface area contributed by atoms with Crippen molar-refractivity contribution in [3.8, 4) is 0 Å². The van der Waals surface area contributed by atoms with Crippen LogP contribution in [0.4, 0.5) is 0 Å². The molecule has 0 aliphatic heterocycles. The highest BCUT2D eigenvalue weighted by atomic mass is 16.5. The van der Waals surface area contributed by atoms with Crippen LogP contribution in [0.25, 0.3) is 0 Å². The Morgan fingerprint density at radius 1 is 1.24 bits per heavy atom. The number of hydrogen-bond donors (Lipinski definition) is 0. The van der Waals surface area contributed by atoms with Crippen molar-refractivity contribution in [3.05, 3.63) is 23.7 Å². The van der Waals surface area contributed by atoms with Gasteiger partial charge in [-0.1, -0.05) is 27.7 Å². The number of carbonyl (C=O) groups excluding carboxylic acids is 1. The number of hydrogen-bond acceptors (Lipinski definition) is 4. The van der Waals surface area contributed by atoms with E-state index in [1.165, 1.54) is 7.11 Å². The van der Waals surface area contributed by atoms with Crippen LogP contribution >= 0.6 is 0 Å². The number of carbonyl (C=O) groups is 1. The zero-order chi connectivity index (χ0) is 16.0. The van der Waals surface area contributed by atoms with Crippen LogP contribution in [-0.2, 0) is 4.74 Å². The first-order valence-electron chi connectivity index (χ1n) is 7.88. The Balaban J connectivity index is 2.95. The van der Waals surface area contributed by atoms with E-state index in [9.17, 15) is 4.79 Å². The molecule has 1 heterocycles. The molecule has 1 unspecified atom stereocenters. The lowest BCUT2D eigenvalue weighted by Gasteiger charge is -2.36. The number of esters is 1. The van der Waals surface area contributed by atoms with Gasteiger partial charge >= 0.3 is 5.97 Å². The predicted octanol–water partition coefficient (Wildman–Crippen LogP) is 4.27. The fourth-order valence-electron chi connectivity index (χ4n) is 2.75. The Labute approximate surface area is 128 Å². The third kappa shape index (κ3) is 4.60. The topological polar surface area (TPSA) is 42.7 Å². The molecule has 0 amide bonds. The zero-order valence-corrected chi connectivity index (χ0v) is 14.2. The number of nitrogens with zero attached hydrogens (tertiary/aromatic N) is 1. The zero-order valence-electron chi connectivity index (χ0n) is 14.2. The molecule has 120 valence electrons. The summed E-state index contributed by atoms with van der Waals surface area (Å²) in [5.41, 5.74) is 0. The molecular formula is C17H29NO3. The maximum absolute atomic E-state index is 11.5. The molecule has 1 aromatic heterocycles. The maximum atomic E-state index is 11.5. The van der Waals surface area contributed by atoms with Gasteiger partial charge in [0, 0.05) is 12.6 Å². The fraction of sp³-hybridized carbons (Fsp3) is 0.706. The quantitative estimate of drug-likeness (QED) is 0.672. The van der Waals surface area contributed by atoms with Crippen molar-refractivity contribution >= 4 is 5.97 Å². The van der Waals surface area contributed by atoms with E-state index in [0.29, 0.717) is 12.0 Å². The van der Waals surface area contributed by atoms with Gasteiger partial charge in [-0.2, -0.15) is 0 Å². The molecule has 0 saturated heterocycles. The highest BCUT2D eigenvalue weighted by molar-refractivity contribution is 5.86. The van der Waals surface area contributed by atoms with Crippen molar-refractivity contribution < 1.29 is 13.9 Å². The Kier molecular flexibility index (Phi) is 6.96. The summed E-state index contributed by atoms with van der Waals surface area (Å²) in [5, 5.41) is 0. The van der Waals surface area contributed by atoms with Gasteiger partial charge in [0.05, 0.1) is 13.2 Å². The second-order valence-corrected chi connectivity index (χ2v) is 5.93. The van der Waals surface area contributed by atoms with Crippen molar-refractivity contribution in [2.75, 3.05) is 13.7 Å². The molecule has 0 aromatic carbocycles. The molecule has 1 rings (SSSR count). The smallest absolute Gasteiger partial charge is 0.373 e. The van der Waals surface area contributed by atoms with E-state index >= 15 is 0 Å². The predicted molar refractivity (Wildman–Crippen MR) is 84.4 cm³/mol. The van der Waals surface area contributed by atoms with Gasteiger partial charge in [0.2, 0.25) is 5.76 Å². The molecule has 4 nitrogen and oxygen atoms in total. The minimum Gasteiger partial charge on any atom is -0.463 e. The van der Waals surface area contributed by atoms with Crippen LogP contribution in [-0.4, -0.2) is 30.6 Å². The molecule has 0 bridgehead atoms. The van der Waals surface area contributed by atoms with Gasteiger partial charge in [-0.3, -0.25) is 4.90 Å². The lowest BCUT2D eigenvalue weighted by molar-refractivity contribution is 0.0552. The lowest BCUT2D eigenvalue weighted by Crippen LogP contribution is -2.39. The number of methoxy groups -OCH3 is 1. The van der Waals surface area contributed by atoms with E-state index in [4.69, 9.17) is 9.15 Å². The van der Waals surface area contributed by atoms with Crippen molar-refractivity contribution in [2.45, 2.75) is 59.5 Å². The first-order chi connectivity index (χ1) is 9.94. The van der Waals surface area contributed by atoms with E-state index in [1.807, 2.05) is 6.07 Å². The summed E-state index contributed by atoms with van der Waals surface area (Å²) in [5.74, 6) is 1.26. The Bertz CT molecular complexity index is 435. The van der Waals surface area contributed by atoms with E-state index in [-0.39, 0.29) is 11.8 Å². The largest absolute Gasteiger partial charge is 0.463 e. The minimum atomic E-state index is -0.425. The first-order valence-corrected chi connectivity index (χ1v) is 7.88. The van der Waals surface area contributed by atoms with Crippen LogP contribution in [0.1, 0.15) is 69.8 Å². The summed E-state index contributed by atoms with van der Waals surface area (Å²) in [6, 6.07) is 4.25. The van der Waals surface area contributed by atoms with Gasteiger partial charge in [-0.05, 0) is 37.8 Å². The van der Waals surface area contributed by atoms with Gasteiger partial charge in [-0.15, -0.1) is 0 Å². The summed E-state index contributed by atoms with van der Waals surface area (Å²) in [7, 11) is 1.36. The molecule has 0 N–H and O–H groups in total. The summed E-state index contributed by atoms with van der Waals surface area (Å²) in [4.78, 5) is 14.0. The van der Waals surface area contributed by atoms with Crippen LogP contribution in [0.15, 0.2) is 16.5 Å². The third-order valence-electron chi connectivity index (χ3n) is 3.91. The van der Waals surface area contributed by atoms with Crippen molar-refractivity contribution in [2.24, 2.45) is 5.92 Å². The second-order valence-electron chi connectivity index (χ2n) is 5.93. The molecule has 1 aromatic rings. The Morgan fingerprint density at radius 2 is 1.86 bits per heavy atom. The van der Waals surface area contributed by atoms with Crippen LogP contribution in [0, 0.1) is 5.92 Å². The highest BCUT2D eigenvalue weighted by Crippen LogP contribution is 2.27. The monoisotopic (exact) mass is 295 g/mol. The normalized spacial score (nSPS) is 13.2. The highest BCUT2D eigenvalue weighted by Gasteiger charge is 2.26. The van der Waals surface area contributed by atoms with Crippen LogP contribution in [0.3, 0.4) is 0 Å². The van der Waals surface area contributed by atoms with Crippen LogP contribution < -0.4 is 0 Å². The summed E-state index contributed by atoms with van der Waals surface area (Å²) >= 11 is 0.